The number of phenolic OH excluding ortho intramolecular Hbond substituents is 1. The van der Waals surface area contributed by atoms with Gasteiger partial charge in [0.2, 0.25) is 11.8 Å². The standard InChI is InChI=1S/C39H41N3O5/c1-21-12-14-26(15-13-21)40-42-35(45)30-20-29-27(16-17-28-31(29)36(46)41(34(28)44)38(4,5)6)32(24-18-22(2)33(43)23(3)19-24)39(30,37(42)47)25-10-8-7-9-11-25/h7-16,18-19,28-32,40,43H,17,20H2,1-6H3. The number of allylic oxidation sites excluding steroid dienone is 2. The molecule has 8 heteroatoms. The summed E-state index contributed by atoms with van der Waals surface area (Å²) in [7, 11) is 0. The van der Waals surface area contributed by atoms with Gasteiger partial charge in [-0.25, -0.2) is 0 Å². The number of carbonyl (C=O) groups excluding carboxylic acids is 4. The molecule has 2 saturated heterocycles. The molecule has 0 radical (unpaired) electrons. The summed E-state index contributed by atoms with van der Waals surface area (Å²) in [5.41, 5.74) is 6.52. The number of amides is 4. The molecule has 2 aliphatic carbocycles. The third kappa shape index (κ3) is 4.40. The molecule has 0 spiro atoms. The highest BCUT2D eigenvalue weighted by Gasteiger charge is 2.70. The van der Waals surface area contributed by atoms with E-state index in [1.165, 1.54) is 9.91 Å². The summed E-state index contributed by atoms with van der Waals surface area (Å²) < 4.78 is 0. The van der Waals surface area contributed by atoms with Crippen LogP contribution in [0.1, 0.15) is 67.3 Å². The van der Waals surface area contributed by atoms with Gasteiger partial charge >= 0.3 is 0 Å². The molecule has 3 aromatic carbocycles. The third-order valence-corrected chi connectivity index (χ3v) is 10.9. The van der Waals surface area contributed by atoms with E-state index in [-0.39, 0.29) is 35.8 Å². The number of imide groups is 2. The Kier molecular flexibility index (Phi) is 7.01. The van der Waals surface area contributed by atoms with E-state index in [0.29, 0.717) is 23.2 Å². The number of nitrogens with one attached hydrogen (secondary N) is 1. The van der Waals surface area contributed by atoms with Crippen molar-refractivity contribution in [2.45, 2.75) is 71.3 Å². The van der Waals surface area contributed by atoms with Gasteiger partial charge in [-0.15, -0.1) is 0 Å². The zero-order valence-electron chi connectivity index (χ0n) is 27.7. The summed E-state index contributed by atoms with van der Waals surface area (Å²) in [5.74, 6) is -3.93. The van der Waals surface area contributed by atoms with E-state index >= 15 is 4.79 Å². The van der Waals surface area contributed by atoms with Crippen molar-refractivity contribution in [2.24, 2.45) is 23.7 Å². The van der Waals surface area contributed by atoms with Gasteiger partial charge < -0.3 is 5.11 Å². The van der Waals surface area contributed by atoms with Crippen LogP contribution in [0.25, 0.3) is 0 Å². The van der Waals surface area contributed by atoms with Crippen LogP contribution in [0.15, 0.2) is 78.4 Å². The van der Waals surface area contributed by atoms with E-state index in [9.17, 15) is 19.5 Å². The molecule has 2 N–H and O–H groups in total. The van der Waals surface area contributed by atoms with Crippen molar-refractivity contribution in [3.63, 3.8) is 0 Å². The number of benzene rings is 3. The van der Waals surface area contributed by atoms with Crippen LogP contribution in [-0.4, -0.2) is 44.2 Å². The number of nitrogens with zero attached hydrogens (tertiary/aromatic N) is 2. The Hall–Kier alpha value is -4.72. The van der Waals surface area contributed by atoms with Crippen molar-refractivity contribution in [1.82, 2.24) is 9.91 Å². The topological polar surface area (TPSA) is 107 Å². The Labute approximate surface area is 275 Å². The lowest BCUT2D eigenvalue weighted by Gasteiger charge is -2.50. The van der Waals surface area contributed by atoms with Crippen molar-refractivity contribution in [2.75, 3.05) is 5.43 Å². The first-order valence-corrected chi connectivity index (χ1v) is 16.4. The lowest BCUT2D eigenvalue weighted by Crippen LogP contribution is -2.53. The number of carbonyl (C=O) groups is 4. The predicted octanol–water partition coefficient (Wildman–Crippen LogP) is 6.10. The van der Waals surface area contributed by atoms with Gasteiger partial charge in [-0.1, -0.05) is 71.8 Å². The molecular weight excluding hydrogens is 590 g/mol. The fourth-order valence-electron chi connectivity index (χ4n) is 8.94. The first-order valence-electron chi connectivity index (χ1n) is 16.4. The number of phenols is 1. The predicted molar refractivity (Wildman–Crippen MR) is 178 cm³/mol. The number of anilines is 1. The minimum absolute atomic E-state index is 0.174. The van der Waals surface area contributed by atoms with Gasteiger partial charge in [0.05, 0.1) is 28.9 Å². The molecule has 8 nitrogen and oxygen atoms in total. The number of likely N-dealkylation sites (tertiary alicyclic amines) is 1. The number of aryl methyl sites for hydroxylation is 3. The molecule has 6 unspecified atom stereocenters. The van der Waals surface area contributed by atoms with Crippen LogP contribution < -0.4 is 5.43 Å². The van der Waals surface area contributed by atoms with Crippen molar-refractivity contribution in [1.29, 1.82) is 0 Å². The highest BCUT2D eigenvalue weighted by Crippen LogP contribution is 2.64. The van der Waals surface area contributed by atoms with Crippen molar-refractivity contribution >= 4 is 29.3 Å². The number of fused-ring (bicyclic) bond motifs is 4. The van der Waals surface area contributed by atoms with Gasteiger partial charge in [0.15, 0.2) is 0 Å². The van der Waals surface area contributed by atoms with Gasteiger partial charge in [0.25, 0.3) is 11.8 Å². The van der Waals surface area contributed by atoms with Crippen LogP contribution in [0.2, 0.25) is 0 Å². The van der Waals surface area contributed by atoms with Crippen molar-refractivity contribution in [3.8, 4) is 5.75 Å². The number of aromatic hydroxyl groups is 1. The second-order valence-electron chi connectivity index (χ2n) is 14.8. The fraction of sp³-hybridized carbons (Fsp3) is 0.385. The molecule has 242 valence electrons. The number of hydrazine groups is 1. The maximum absolute atomic E-state index is 15.2. The minimum Gasteiger partial charge on any atom is -0.507 e. The van der Waals surface area contributed by atoms with Gasteiger partial charge in [-0.3, -0.25) is 29.5 Å². The maximum atomic E-state index is 15.2. The van der Waals surface area contributed by atoms with E-state index < -0.39 is 40.5 Å². The van der Waals surface area contributed by atoms with Crippen molar-refractivity contribution in [3.05, 3.63) is 106 Å². The molecule has 3 aromatic rings. The molecule has 2 aliphatic heterocycles. The van der Waals surface area contributed by atoms with E-state index in [2.05, 4.69) is 11.5 Å². The molecule has 4 aliphatic rings. The SMILES string of the molecule is Cc1ccc(NN2C(=O)C3CC4C(=CCC5C(=O)N(C(C)(C)C)C(=O)C54)C(c4cc(C)c(O)c(C)c4)C3(c3ccccc3)C2=O)cc1. The van der Waals surface area contributed by atoms with Crippen LogP contribution in [0.5, 0.6) is 5.75 Å². The molecule has 0 bridgehead atoms. The average Bonchev–Trinajstić information content (AvgIpc) is 3.42. The molecule has 4 amide bonds. The highest BCUT2D eigenvalue weighted by molar-refractivity contribution is 6.13. The first kappa shape index (κ1) is 30.9. The molecule has 6 atom stereocenters. The van der Waals surface area contributed by atoms with Gasteiger partial charge in [0.1, 0.15) is 5.75 Å². The largest absolute Gasteiger partial charge is 0.507 e. The normalized spacial score (nSPS) is 28.6. The number of hydrogen-bond donors (Lipinski definition) is 2. The van der Waals surface area contributed by atoms with Crippen molar-refractivity contribution < 1.29 is 24.3 Å². The molecule has 1 saturated carbocycles. The molecule has 47 heavy (non-hydrogen) atoms. The summed E-state index contributed by atoms with van der Waals surface area (Å²) in [4.78, 5) is 59.3. The van der Waals surface area contributed by atoms with E-state index in [1.54, 1.807) is 0 Å². The lowest BCUT2D eigenvalue weighted by atomic mass is 9.49. The first-order chi connectivity index (χ1) is 22.3. The molecule has 7 rings (SSSR count). The maximum Gasteiger partial charge on any atom is 0.260 e. The van der Waals surface area contributed by atoms with Gasteiger partial charge in [-0.2, -0.15) is 5.01 Å². The number of hydrogen-bond acceptors (Lipinski definition) is 6. The van der Waals surface area contributed by atoms with E-state index in [0.717, 1.165) is 22.3 Å². The Morgan fingerprint density at radius 3 is 2.09 bits per heavy atom. The average molecular weight is 632 g/mol. The van der Waals surface area contributed by atoms with E-state index in [4.69, 9.17) is 0 Å². The summed E-state index contributed by atoms with van der Waals surface area (Å²) in [6, 6.07) is 20.8. The van der Waals surface area contributed by atoms with Gasteiger partial charge in [0, 0.05) is 11.5 Å². The number of rotatable bonds is 4. The van der Waals surface area contributed by atoms with Crippen LogP contribution in [0.3, 0.4) is 0 Å². The third-order valence-electron chi connectivity index (χ3n) is 10.9. The highest BCUT2D eigenvalue weighted by atomic mass is 16.3. The quantitative estimate of drug-likeness (QED) is 0.266. The Morgan fingerprint density at radius 2 is 1.47 bits per heavy atom. The fourth-order valence-corrected chi connectivity index (χ4v) is 8.94. The molecule has 0 aromatic heterocycles. The summed E-state index contributed by atoms with van der Waals surface area (Å²) >= 11 is 0. The second kappa shape index (κ2) is 10.7. The molecule has 2 heterocycles. The van der Waals surface area contributed by atoms with Crippen LogP contribution in [-0.2, 0) is 24.6 Å². The molecule has 3 fully saturated rings. The molecular formula is C39H41N3O5. The second-order valence-corrected chi connectivity index (χ2v) is 14.8. The van der Waals surface area contributed by atoms with Crippen LogP contribution in [0, 0.1) is 44.4 Å². The van der Waals surface area contributed by atoms with Gasteiger partial charge in [-0.05, 0) is 94.7 Å². The minimum atomic E-state index is -1.34. The summed E-state index contributed by atoms with van der Waals surface area (Å²) in [6.45, 7) is 11.2. The zero-order chi connectivity index (χ0) is 33.6. The zero-order valence-corrected chi connectivity index (χ0v) is 27.7. The monoisotopic (exact) mass is 631 g/mol. The van der Waals surface area contributed by atoms with Crippen LogP contribution in [0.4, 0.5) is 5.69 Å². The summed E-state index contributed by atoms with van der Waals surface area (Å²) in [6.07, 6.45) is 2.70. The Morgan fingerprint density at radius 1 is 0.830 bits per heavy atom. The Bertz CT molecular complexity index is 1830. The Balaban J connectivity index is 1.47. The lowest BCUT2D eigenvalue weighted by molar-refractivity contribution is -0.146. The summed E-state index contributed by atoms with van der Waals surface area (Å²) in [5, 5.41) is 12.0. The van der Waals surface area contributed by atoms with E-state index in [1.807, 2.05) is 108 Å². The van der Waals surface area contributed by atoms with Crippen LogP contribution >= 0.6 is 0 Å². The smallest absolute Gasteiger partial charge is 0.260 e.